The highest BCUT2D eigenvalue weighted by molar-refractivity contribution is 14.1. The number of aliphatic carboxylic acids is 1. The van der Waals surface area contributed by atoms with E-state index in [1.165, 1.54) is 0 Å². The zero-order valence-corrected chi connectivity index (χ0v) is 14.2. The number of carbonyl (C=O) groups is 2. The van der Waals surface area contributed by atoms with Crippen LogP contribution < -0.4 is 5.32 Å². The molecule has 104 valence electrons. The van der Waals surface area contributed by atoms with Crippen LogP contribution in [0.3, 0.4) is 0 Å². The number of carboxylic acids is 1. The van der Waals surface area contributed by atoms with E-state index in [-0.39, 0.29) is 5.91 Å². The second-order valence-corrected chi connectivity index (χ2v) is 6.21. The molecule has 0 fully saturated rings. The molecule has 0 heterocycles. The number of halogens is 2. The first-order chi connectivity index (χ1) is 8.95. The van der Waals surface area contributed by atoms with Crippen LogP contribution in [0.2, 0.25) is 0 Å². The van der Waals surface area contributed by atoms with Crippen LogP contribution in [0.5, 0.6) is 0 Å². The molecule has 0 spiro atoms. The number of nitrogens with one attached hydrogen (secondary N) is 1. The molecule has 1 aromatic rings. The summed E-state index contributed by atoms with van der Waals surface area (Å²) in [6.07, 6.45) is 2.11. The van der Waals surface area contributed by atoms with Crippen molar-refractivity contribution in [3.63, 3.8) is 0 Å². The van der Waals surface area contributed by atoms with E-state index in [1.807, 2.05) is 13.0 Å². The summed E-state index contributed by atoms with van der Waals surface area (Å²) in [5.74, 6) is -1.35. The number of hydrogen-bond donors (Lipinski definition) is 2. The molecule has 1 amide bonds. The SMILES string of the molecule is CCCCC(NC(=O)c1cc(Br)ccc1I)C(=O)O. The molecule has 0 radical (unpaired) electrons. The molecular weight excluding hydrogens is 425 g/mol. The van der Waals surface area contributed by atoms with Crippen LogP contribution in [-0.4, -0.2) is 23.0 Å². The summed E-state index contributed by atoms with van der Waals surface area (Å²) in [6.45, 7) is 1.98. The normalized spacial score (nSPS) is 11.9. The van der Waals surface area contributed by atoms with Gasteiger partial charge in [0.2, 0.25) is 0 Å². The minimum atomic E-state index is -0.994. The zero-order valence-electron chi connectivity index (χ0n) is 10.5. The van der Waals surface area contributed by atoms with Crippen molar-refractivity contribution in [2.24, 2.45) is 0 Å². The Hall–Kier alpha value is -0.630. The van der Waals surface area contributed by atoms with E-state index >= 15 is 0 Å². The summed E-state index contributed by atoms with van der Waals surface area (Å²) >= 11 is 5.36. The number of rotatable bonds is 6. The lowest BCUT2D eigenvalue weighted by Gasteiger charge is -2.14. The molecule has 19 heavy (non-hydrogen) atoms. The van der Waals surface area contributed by atoms with Gasteiger partial charge in [0, 0.05) is 8.04 Å². The maximum Gasteiger partial charge on any atom is 0.326 e. The Morgan fingerprint density at radius 3 is 2.74 bits per heavy atom. The second-order valence-electron chi connectivity index (χ2n) is 4.13. The lowest BCUT2D eigenvalue weighted by molar-refractivity contribution is -0.139. The van der Waals surface area contributed by atoms with Crippen molar-refractivity contribution in [3.8, 4) is 0 Å². The third kappa shape index (κ3) is 5.10. The largest absolute Gasteiger partial charge is 0.480 e. The van der Waals surface area contributed by atoms with Crippen LogP contribution in [-0.2, 0) is 4.79 Å². The van der Waals surface area contributed by atoms with Crippen molar-refractivity contribution in [1.29, 1.82) is 0 Å². The predicted octanol–water partition coefficient (Wildman–Crippen LogP) is 3.43. The molecule has 0 aliphatic heterocycles. The van der Waals surface area contributed by atoms with E-state index in [0.29, 0.717) is 12.0 Å². The molecule has 6 heteroatoms. The number of carboxylic acid groups (broad SMARTS) is 1. The van der Waals surface area contributed by atoms with Gasteiger partial charge >= 0.3 is 5.97 Å². The standard InChI is InChI=1S/C13H15BrINO3/c1-2-3-4-11(13(18)19)16-12(17)9-7-8(14)5-6-10(9)15/h5-7,11H,2-4H2,1H3,(H,16,17)(H,18,19). The first-order valence-electron chi connectivity index (χ1n) is 5.94. The first kappa shape index (κ1) is 16.4. The predicted molar refractivity (Wildman–Crippen MR) is 85.3 cm³/mol. The Labute approximate surface area is 134 Å². The number of unbranched alkanes of at least 4 members (excludes halogenated alkanes) is 1. The van der Waals surface area contributed by atoms with E-state index < -0.39 is 12.0 Å². The first-order valence-corrected chi connectivity index (χ1v) is 7.81. The van der Waals surface area contributed by atoms with Crippen LogP contribution in [0, 0.1) is 3.57 Å². The van der Waals surface area contributed by atoms with Gasteiger partial charge in [-0.25, -0.2) is 4.79 Å². The molecule has 1 atom stereocenters. The fraction of sp³-hybridized carbons (Fsp3) is 0.385. The monoisotopic (exact) mass is 439 g/mol. The van der Waals surface area contributed by atoms with Crippen LogP contribution in [0.15, 0.2) is 22.7 Å². The van der Waals surface area contributed by atoms with Gasteiger partial charge in [-0.2, -0.15) is 0 Å². The maximum absolute atomic E-state index is 12.1. The van der Waals surface area contributed by atoms with Crippen LogP contribution in [0.1, 0.15) is 36.5 Å². The average Bonchev–Trinajstić information content (AvgIpc) is 2.36. The molecule has 2 N–H and O–H groups in total. The fourth-order valence-electron chi connectivity index (χ4n) is 1.57. The van der Waals surface area contributed by atoms with Crippen molar-refractivity contribution in [2.45, 2.75) is 32.2 Å². The molecule has 0 saturated carbocycles. The van der Waals surface area contributed by atoms with Gasteiger partial charge in [0.25, 0.3) is 5.91 Å². The Kier molecular flexibility index (Phi) is 6.78. The molecule has 1 unspecified atom stereocenters. The van der Waals surface area contributed by atoms with E-state index in [1.54, 1.807) is 12.1 Å². The van der Waals surface area contributed by atoms with Crippen molar-refractivity contribution in [3.05, 3.63) is 31.8 Å². The molecule has 0 aliphatic carbocycles. The number of amides is 1. The Balaban J connectivity index is 2.81. The van der Waals surface area contributed by atoms with Gasteiger partial charge in [0.1, 0.15) is 6.04 Å². The van der Waals surface area contributed by atoms with Gasteiger partial charge in [-0.05, 0) is 47.2 Å². The molecule has 0 bridgehead atoms. The van der Waals surface area contributed by atoms with Crippen LogP contribution in [0.4, 0.5) is 0 Å². The van der Waals surface area contributed by atoms with Gasteiger partial charge < -0.3 is 10.4 Å². The topological polar surface area (TPSA) is 66.4 Å². The third-order valence-corrected chi connectivity index (χ3v) is 4.06. The van der Waals surface area contributed by atoms with Crippen molar-refractivity contribution >= 4 is 50.4 Å². The van der Waals surface area contributed by atoms with E-state index in [0.717, 1.165) is 20.9 Å². The summed E-state index contributed by atoms with van der Waals surface area (Å²) in [5.41, 5.74) is 0.484. The highest BCUT2D eigenvalue weighted by atomic mass is 127. The molecule has 0 saturated heterocycles. The molecule has 1 rings (SSSR count). The second kappa shape index (κ2) is 7.84. The lowest BCUT2D eigenvalue weighted by atomic mass is 10.1. The van der Waals surface area contributed by atoms with Gasteiger partial charge in [-0.1, -0.05) is 35.7 Å². The number of benzene rings is 1. The van der Waals surface area contributed by atoms with Crippen molar-refractivity contribution in [2.75, 3.05) is 0 Å². The molecule has 0 aromatic heterocycles. The smallest absolute Gasteiger partial charge is 0.326 e. The number of carbonyl (C=O) groups excluding carboxylic acids is 1. The maximum atomic E-state index is 12.1. The zero-order chi connectivity index (χ0) is 14.4. The van der Waals surface area contributed by atoms with Crippen LogP contribution >= 0.6 is 38.5 Å². The Morgan fingerprint density at radius 2 is 2.16 bits per heavy atom. The van der Waals surface area contributed by atoms with Crippen molar-refractivity contribution < 1.29 is 14.7 Å². The Morgan fingerprint density at radius 1 is 1.47 bits per heavy atom. The number of hydrogen-bond acceptors (Lipinski definition) is 2. The minimum absolute atomic E-state index is 0.353. The quantitative estimate of drug-likeness (QED) is 0.667. The average molecular weight is 440 g/mol. The van der Waals surface area contributed by atoms with Gasteiger partial charge in [0.05, 0.1) is 5.56 Å². The van der Waals surface area contributed by atoms with E-state index in [2.05, 4.69) is 43.8 Å². The summed E-state index contributed by atoms with van der Waals surface area (Å²) in [7, 11) is 0. The summed E-state index contributed by atoms with van der Waals surface area (Å²) in [5, 5.41) is 11.7. The van der Waals surface area contributed by atoms with E-state index in [9.17, 15) is 9.59 Å². The lowest BCUT2D eigenvalue weighted by Crippen LogP contribution is -2.41. The summed E-state index contributed by atoms with van der Waals surface area (Å²) in [4.78, 5) is 23.2. The van der Waals surface area contributed by atoms with Crippen LogP contribution in [0.25, 0.3) is 0 Å². The Bertz CT molecular complexity index is 479. The third-order valence-electron chi connectivity index (χ3n) is 2.62. The highest BCUT2D eigenvalue weighted by Crippen LogP contribution is 2.18. The van der Waals surface area contributed by atoms with E-state index in [4.69, 9.17) is 5.11 Å². The highest BCUT2D eigenvalue weighted by Gasteiger charge is 2.21. The van der Waals surface area contributed by atoms with Gasteiger partial charge in [0.15, 0.2) is 0 Å². The van der Waals surface area contributed by atoms with Gasteiger partial charge in [-0.3, -0.25) is 4.79 Å². The molecule has 4 nitrogen and oxygen atoms in total. The summed E-state index contributed by atoms with van der Waals surface area (Å²) < 4.78 is 1.58. The van der Waals surface area contributed by atoms with Crippen molar-refractivity contribution in [1.82, 2.24) is 5.32 Å². The fourth-order valence-corrected chi connectivity index (χ4v) is 2.51. The molecular formula is C13H15BrINO3. The minimum Gasteiger partial charge on any atom is -0.480 e. The molecule has 0 aliphatic rings. The van der Waals surface area contributed by atoms with Gasteiger partial charge in [-0.15, -0.1) is 0 Å². The summed E-state index contributed by atoms with van der Waals surface area (Å²) in [6, 6.07) is 4.50. The molecule has 1 aromatic carbocycles.